The molecule has 7 heterocycles. The molecular formula is C47H53FN12O4. The molecule has 4 aliphatic rings. The van der Waals surface area contributed by atoms with Crippen molar-refractivity contribution in [3.63, 3.8) is 0 Å². The molecule has 0 saturated carbocycles. The minimum Gasteiger partial charge on any atom is -0.384 e. The maximum atomic E-state index is 15.7. The minimum absolute atomic E-state index is 0.242. The average Bonchev–Trinajstić information content (AvgIpc) is 3.91. The number of piperazine rings is 1. The molecule has 3 saturated heterocycles. The van der Waals surface area contributed by atoms with Gasteiger partial charge in [0.1, 0.15) is 16.8 Å². The van der Waals surface area contributed by atoms with Crippen molar-refractivity contribution in [2.24, 2.45) is 13.0 Å². The number of allylic oxidation sites excluding steroid dienone is 1. The number of rotatable bonds is 11. The van der Waals surface area contributed by atoms with E-state index in [4.69, 9.17) is 9.97 Å². The first kappa shape index (κ1) is 41.5. The van der Waals surface area contributed by atoms with Gasteiger partial charge in [-0.15, -0.1) is 6.58 Å². The van der Waals surface area contributed by atoms with Gasteiger partial charge < -0.3 is 20.2 Å². The number of imide groups is 1. The van der Waals surface area contributed by atoms with Crippen LogP contribution in [0.1, 0.15) is 68.3 Å². The summed E-state index contributed by atoms with van der Waals surface area (Å²) < 4.78 is 20.7. The second-order valence-corrected chi connectivity index (χ2v) is 17.7. The van der Waals surface area contributed by atoms with Gasteiger partial charge >= 0.3 is 0 Å². The first-order valence-electron chi connectivity index (χ1n) is 22.4. The predicted molar refractivity (Wildman–Crippen MR) is 243 cm³/mol. The summed E-state index contributed by atoms with van der Waals surface area (Å²) in [5.74, 6) is -0.147. The number of anilines is 4. The predicted octanol–water partition coefficient (Wildman–Crippen LogP) is 5.04. The van der Waals surface area contributed by atoms with Crippen molar-refractivity contribution in [2.45, 2.75) is 69.9 Å². The maximum absolute atomic E-state index is 15.7. The van der Waals surface area contributed by atoms with E-state index in [0.29, 0.717) is 70.4 Å². The molecule has 16 nitrogen and oxygen atoms in total. The largest absolute Gasteiger partial charge is 0.384 e. The smallest absolute Gasteiger partial charge is 0.278 e. The molecule has 64 heavy (non-hydrogen) atoms. The number of aromatic nitrogens is 7. The van der Waals surface area contributed by atoms with Crippen LogP contribution in [0.2, 0.25) is 0 Å². The summed E-state index contributed by atoms with van der Waals surface area (Å²) >= 11 is 0. The lowest BCUT2D eigenvalue weighted by Crippen LogP contribution is -2.49. The number of aliphatic hydroxyl groups is 1. The van der Waals surface area contributed by atoms with Gasteiger partial charge in [0.15, 0.2) is 11.5 Å². The van der Waals surface area contributed by atoms with Crippen LogP contribution in [0.5, 0.6) is 0 Å². The number of piperidine rings is 2. The molecule has 2 amide bonds. The van der Waals surface area contributed by atoms with Crippen molar-refractivity contribution in [3.8, 4) is 5.82 Å². The third-order valence-corrected chi connectivity index (χ3v) is 13.8. The number of amides is 2. The van der Waals surface area contributed by atoms with Gasteiger partial charge in [0.2, 0.25) is 17.8 Å². The fourth-order valence-corrected chi connectivity index (χ4v) is 10.2. The first-order valence-corrected chi connectivity index (χ1v) is 22.4. The van der Waals surface area contributed by atoms with Crippen molar-refractivity contribution in [1.82, 2.24) is 44.3 Å². The number of nitrogens with one attached hydrogen (secondary N) is 2. The fraction of sp³-hybridized carbons (Fsp3) is 0.426. The number of halogens is 1. The van der Waals surface area contributed by atoms with E-state index in [9.17, 15) is 19.5 Å². The van der Waals surface area contributed by atoms with E-state index >= 15 is 4.39 Å². The van der Waals surface area contributed by atoms with Gasteiger partial charge in [-0.25, -0.2) is 23.7 Å². The lowest BCUT2D eigenvalue weighted by atomic mass is 9.92. The van der Waals surface area contributed by atoms with E-state index in [1.54, 1.807) is 33.4 Å². The lowest BCUT2D eigenvalue weighted by molar-refractivity contribution is -0.134. The van der Waals surface area contributed by atoms with E-state index in [0.717, 1.165) is 87.5 Å². The van der Waals surface area contributed by atoms with Gasteiger partial charge in [-0.05, 0) is 92.5 Å². The highest BCUT2D eigenvalue weighted by Gasteiger charge is 2.37. The van der Waals surface area contributed by atoms with Gasteiger partial charge in [0, 0.05) is 82.2 Å². The van der Waals surface area contributed by atoms with Crippen LogP contribution in [0.25, 0.3) is 27.8 Å². The molecule has 10 rings (SSSR count). The topological polar surface area (TPSA) is 172 Å². The molecule has 1 aliphatic carbocycles. The van der Waals surface area contributed by atoms with E-state index < -0.39 is 11.5 Å². The normalized spacial score (nSPS) is 20.9. The third kappa shape index (κ3) is 7.49. The van der Waals surface area contributed by atoms with E-state index in [1.807, 2.05) is 37.3 Å². The summed E-state index contributed by atoms with van der Waals surface area (Å²) in [5.41, 5.74) is 4.63. The molecule has 0 radical (unpaired) electrons. The summed E-state index contributed by atoms with van der Waals surface area (Å²) in [6.07, 6.45) is 7.90. The summed E-state index contributed by atoms with van der Waals surface area (Å²) in [5, 5.41) is 22.6. The van der Waals surface area contributed by atoms with Crippen LogP contribution < -0.4 is 26.0 Å². The number of nitrogens with zero attached hydrogens (tertiary/aromatic N) is 10. The molecule has 0 bridgehead atoms. The molecule has 3 fully saturated rings. The Kier molecular flexibility index (Phi) is 10.8. The Hall–Kier alpha value is -6.46. The summed E-state index contributed by atoms with van der Waals surface area (Å²) in [7, 11) is 1.81. The number of benzene rings is 2. The lowest BCUT2D eigenvalue weighted by Gasteiger charge is -2.40. The number of fused-ring (bicyclic) bond motifs is 3. The van der Waals surface area contributed by atoms with Crippen molar-refractivity contribution >= 4 is 56.8 Å². The Morgan fingerprint density at radius 2 is 1.73 bits per heavy atom. The molecule has 2 aromatic carbocycles. The third-order valence-electron chi connectivity index (χ3n) is 13.8. The summed E-state index contributed by atoms with van der Waals surface area (Å²) in [6.45, 7) is 12.1. The molecule has 2 atom stereocenters. The summed E-state index contributed by atoms with van der Waals surface area (Å²) in [4.78, 5) is 59.1. The molecule has 0 spiro atoms. The minimum atomic E-state index is -1.00. The van der Waals surface area contributed by atoms with Gasteiger partial charge in [0.05, 0.1) is 35.1 Å². The Morgan fingerprint density at radius 3 is 2.47 bits per heavy atom. The number of hydrogen-bond donors (Lipinski definition) is 3. The highest BCUT2D eigenvalue weighted by atomic mass is 19.1. The monoisotopic (exact) mass is 868 g/mol. The Balaban J connectivity index is 0.750. The van der Waals surface area contributed by atoms with Crippen molar-refractivity contribution in [3.05, 3.63) is 101 Å². The number of hydrogen-bond acceptors (Lipinski definition) is 12. The standard InChI is InChI=1S/C47H53FN12O4/c1-4-18-59-45(63)35-27-49-46(53-43(35)60(59)39-12-6-30-14-17-47(64,5-2)42(30)51-39)50-31-7-9-32(10-8-31)57-19-15-29(16-20-57)28-56-21-23-58(24-22-56)38-26-37-34(25-36(38)48)41(54-55(37)3)33-11-13-40(61)52-44(33)62/h4,6-10,12,25-27,29,33,64H,1,5,11,13-24,28H2,2-3H3,(H,49,50,53)(H,52,61,62)/t33?,47-/m1/s1. The molecule has 17 heteroatoms. The van der Waals surface area contributed by atoms with Gasteiger partial charge in [0.25, 0.3) is 5.56 Å². The zero-order valence-electron chi connectivity index (χ0n) is 36.3. The van der Waals surface area contributed by atoms with Crippen LogP contribution >= 0.6 is 0 Å². The number of carbonyl (C=O) groups is 2. The zero-order chi connectivity index (χ0) is 44.3. The van der Waals surface area contributed by atoms with E-state index in [-0.39, 0.29) is 36.2 Å². The molecule has 4 aromatic heterocycles. The Labute approximate surface area is 369 Å². The second kappa shape index (κ2) is 16.6. The molecular weight excluding hydrogens is 816 g/mol. The van der Waals surface area contributed by atoms with Crippen molar-refractivity contribution in [1.29, 1.82) is 0 Å². The van der Waals surface area contributed by atoms with Gasteiger partial charge in [-0.3, -0.25) is 29.3 Å². The Morgan fingerprint density at radius 1 is 0.953 bits per heavy atom. The van der Waals surface area contributed by atoms with E-state index in [1.165, 1.54) is 6.07 Å². The van der Waals surface area contributed by atoms with E-state index in [2.05, 4.69) is 54.1 Å². The fourth-order valence-electron chi connectivity index (χ4n) is 10.2. The molecule has 1 unspecified atom stereocenters. The van der Waals surface area contributed by atoms with Crippen LogP contribution in [0.3, 0.4) is 0 Å². The quantitative estimate of drug-likeness (QED) is 0.117. The van der Waals surface area contributed by atoms with Crippen LogP contribution in [0.4, 0.5) is 27.4 Å². The first-order chi connectivity index (χ1) is 31.0. The number of pyridine rings is 1. The number of aryl methyl sites for hydroxylation is 2. The van der Waals surface area contributed by atoms with Gasteiger partial charge in [-0.1, -0.05) is 19.1 Å². The number of carbonyl (C=O) groups excluding carboxylic acids is 2. The average molecular weight is 869 g/mol. The Bertz CT molecular complexity index is 2850. The zero-order valence-corrected chi connectivity index (χ0v) is 36.3. The highest BCUT2D eigenvalue weighted by molar-refractivity contribution is 6.02. The van der Waals surface area contributed by atoms with Crippen LogP contribution in [-0.2, 0) is 35.2 Å². The van der Waals surface area contributed by atoms with Crippen LogP contribution in [0.15, 0.2) is 72.2 Å². The highest BCUT2D eigenvalue weighted by Crippen LogP contribution is 2.39. The van der Waals surface area contributed by atoms with Crippen molar-refractivity contribution in [2.75, 3.05) is 60.9 Å². The van der Waals surface area contributed by atoms with Crippen LogP contribution in [-0.4, -0.2) is 102 Å². The summed E-state index contributed by atoms with van der Waals surface area (Å²) in [6, 6.07) is 15.5. The maximum Gasteiger partial charge on any atom is 0.278 e. The van der Waals surface area contributed by atoms with Crippen LogP contribution in [0, 0.1) is 11.7 Å². The second-order valence-electron chi connectivity index (χ2n) is 17.7. The SMILES string of the molecule is C=CCn1c(=O)c2cnc(Nc3ccc(N4CCC(CN5CCN(c6cc7c(cc6F)c(C6CCC(=O)NC6=O)nn7C)CC5)CC4)cc3)nc2n1-c1ccc2c(n1)[C@@](O)(CC)CC2. The van der Waals surface area contributed by atoms with Crippen molar-refractivity contribution < 1.29 is 19.1 Å². The molecule has 3 N–H and O–H groups in total. The molecule has 3 aliphatic heterocycles. The van der Waals surface area contributed by atoms with Gasteiger partial charge in [-0.2, -0.15) is 10.1 Å². The molecule has 332 valence electrons. The molecule has 6 aromatic rings.